The maximum absolute atomic E-state index is 12.9. The number of hydrogen-bond donors (Lipinski definition) is 1. The van der Waals surface area contributed by atoms with Crippen LogP contribution < -0.4 is 10.9 Å². The molecule has 0 bridgehead atoms. The molecule has 1 fully saturated rings. The molecule has 1 aliphatic rings. The average molecular weight is 405 g/mol. The third kappa shape index (κ3) is 4.10. The average Bonchev–Trinajstić information content (AvgIpc) is 3.58. The van der Waals surface area contributed by atoms with Crippen LogP contribution in [0.1, 0.15) is 35.9 Å². The standard InChI is InChI=1S/C23H23N3O4/c1-14(16-7-8-16)24-21(27)13-30-23(29)17-9-11-18(12-10-17)26-15(2)25-20-6-4-3-5-19(20)22(26)28/h3-6,9-12,14,16H,7-8,13H2,1-2H3,(H,24,27)/t14-/m1/s1. The van der Waals surface area contributed by atoms with Gasteiger partial charge in [0.1, 0.15) is 5.82 Å². The second kappa shape index (κ2) is 8.10. The minimum Gasteiger partial charge on any atom is -0.452 e. The summed E-state index contributed by atoms with van der Waals surface area (Å²) in [5, 5.41) is 3.37. The molecule has 3 aromatic rings. The molecule has 154 valence electrons. The quantitative estimate of drug-likeness (QED) is 0.637. The zero-order chi connectivity index (χ0) is 21.3. The molecule has 0 radical (unpaired) electrons. The number of nitrogens with zero attached hydrogens (tertiary/aromatic N) is 2. The number of ether oxygens (including phenoxy) is 1. The lowest BCUT2D eigenvalue weighted by Gasteiger charge is -2.13. The van der Waals surface area contributed by atoms with Crippen molar-refractivity contribution in [2.24, 2.45) is 5.92 Å². The van der Waals surface area contributed by atoms with Gasteiger partial charge in [-0.15, -0.1) is 0 Å². The van der Waals surface area contributed by atoms with Gasteiger partial charge < -0.3 is 10.1 Å². The van der Waals surface area contributed by atoms with E-state index in [9.17, 15) is 14.4 Å². The van der Waals surface area contributed by atoms with E-state index in [1.807, 2.05) is 13.0 Å². The molecular formula is C23H23N3O4. The second-order valence-electron chi connectivity index (χ2n) is 7.63. The highest BCUT2D eigenvalue weighted by Crippen LogP contribution is 2.32. The first-order chi connectivity index (χ1) is 14.4. The van der Waals surface area contributed by atoms with Gasteiger partial charge in [0.2, 0.25) is 0 Å². The third-order valence-corrected chi connectivity index (χ3v) is 5.36. The van der Waals surface area contributed by atoms with Gasteiger partial charge in [-0.1, -0.05) is 12.1 Å². The van der Waals surface area contributed by atoms with Gasteiger partial charge in [-0.05, 0) is 69.0 Å². The number of carbonyl (C=O) groups excluding carboxylic acids is 2. The molecule has 30 heavy (non-hydrogen) atoms. The molecule has 1 heterocycles. The van der Waals surface area contributed by atoms with Gasteiger partial charge in [-0.25, -0.2) is 9.78 Å². The Labute approximate surface area is 173 Å². The predicted molar refractivity (Wildman–Crippen MR) is 113 cm³/mol. The number of fused-ring (bicyclic) bond motifs is 1. The summed E-state index contributed by atoms with van der Waals surface area (Å²) >= 11 is 0. The molecule has 1 saturated carbocycles. The lowest BCUT2D eigenvalue weighted by Crippen LogP contribution is -2.37. The topological polar surface area (TPSA) is 90.3 Å². The van der Waals surface area contributed by atoms with Crippen LogP contribution in [0.3, 0.4) is 0 Å². The molecule has 2 aromatic carbocycles. The Morgan fingerprint density at radius 3 is 2.57 bits per heavy atom. The molecule has 1 aliphatic carbocycles. The molecule has 7 nitrogen and oxygen atoms in total. The van der Waals surface area contributed by atoms with Crippen LogP contribution in [-0.2, 0) is 9.53 Å². The fourth-order valence-electron chi connectivity index (χ4n) is 3.52. The minimum atomic E-state index is -0.587. The van der Waals surface area contributed by atoms with E-state index in [0.717, 1.165) is 12.8 Å². The highest BCUT2D eigenvalue weighted by Gasteiger charge is 2.29. The molecule has 0 unspecified atom stereocenters. The van der Waals surface area contributed by atoms with Crippen LogP contribution >= 0.6 is 0 Å². The highest BCUT2D eigenvalue weighted by molar-refractivity contribution is 5.91. The van der Waals surface area contributed by atoms with Gasteiger partial charge in [0.05, 0.1) is 22.2 Å². The number of carbonyl (C=O) groups is 2. The monoisotopic (exact) mass is 405 g/mol. The molecule has 0 spiro atoms. The summed E-state index contributed by atoms with van der Waals surface area (Å²) in [5.41, 5.74) is 1.38. The van der Waals surface area contributed by atoms with Gasteiger partial charge in [-0.3, -0.25) is 14.2 Å². The van der Waals surface area contributed by atoms with E-state index in [1.54, 1.807) is 49.4 Å². The van der Waals surface area contributed by atoms with Crippen molar-refractivity contribution >= 4 is 22.8 Å². The Kier molecular flexibility index (Phi) is 5.35. The first-order valence-corrected chi connectivity index (χ1v) is 9.99. The van der Waals surface area contributed by atoms with E-state index >= 15 is 0 Å². The molecule has 1 N–H and O–H groups in total. The van der Waals surface area contributed by atoms with Crippen LogP contribution in [0.15, 0.2) is 53.3 Å². The normalized spacial score (nSPS) is 14.3. The van der Waals surface area contributed by atoms with Crippen molar-refractivity contribution in [3.05, 3.63) is 70.3 Å². The van der Waals surface area contributed by atoms with E-state index in [1.165, 1.54) is 4.57 Å². The SMILES string of the molecule is Cc1nc2ccccc2c(=O)n1-c1ccc(C(=O)OCC(=O)N[C@H](C)C2CC2)cc1. The van der Waals surface area contributed by atoms with E-state index in [2.05, 4.69) is 10.3 Å². The van der Waals surface area contributed by atoms with Gasteiger partial charge in [0.15, 0.2) is 6.61 Å². The van der Waals surface area contributed by atoms with E-state index < -0.39 is 5.97 Å². The van der Waals surface area contributed by atoms with Crippen LogP contribution in [0, 0.1) is 12.8 Å². The van der Waals surface area contributed by atoms with Crippen molar-refractivity contribution in [3.8, 4) is 5.69 Å². The Balaban J connectivity index is 1.46. The van der Waals surface area contributed by atoms with E-state index in [0.29, 0.717) is 33.9 Å². The van der Waals surface area contributed by atoms with Crippen LogP contribution in [0.2, 0.25) is 0 Å². The fourth-order valence-corrected chi connectivity index (χ4v) is 3.52. The minimum absolute atomic E-state index is 0.104. The van der Waals surface area contributed by atoms with Gasteiger partial charge >= 0.3 is 5.97 Å². The predicted octanol–water partition coefficient (Wildman–Crippen LogP) is 2.77. The summed E-state index contributed by atoms with van der Waals surface area (Å²) in [5.74, 6) is 0.199. The number of aryl methyl sites for hydroxylation is 1. The van der Waals surface area contributed by atoms with Crippen LogP contribution in [-0.4, -0.2) is 34.1 Å². The molecule has 0 saturated heterocycles. The largest absolute Gasteiger partial charge is 0.452 e. The Morgan fingerprint density at radius 1 is 1.17 bits per heavy atom. The number of hydrogen-bond acceptors (Lipinski definition) is 5. The number of rotatable bonds is 6. The third-order valence-electron chi connectivity index (χ3n) is 5.36. The molecule has 4 rings (SSSR count). The van der Waals surface area contributed by atoms with Crippen molar-refractivity contribution in [3.63, 3.8) is 0 Å². The van der Waals surface area contributed by atoms with Crippen molar-refractivity contribution in [1.82, 2.24) is 14.9 Å². The molecule has 7 heteroatoms. The van der Waals surface area contributed by atoms with Crippen LogP contribution in [0.4, 0.5) is 0 Å². The summed E-state index contributed by atoms with van der Waals surface area (Å²) < 4.78 is 6.61. The highest BCUT2D eigenvalue weighted by atomic mass is 16.5. The number of amides is 1. The maximum atomic E-state index is 12.9. The van der Waals surface area contributed by atoms with Gasteiger partial charge in [0, 0.05) is 6.04 Å². The lowest BCUT2D eigenvalue weighted by molar-refractivity contribution is -0.124. The Hall–Kier alpha value is -3.48. The van der Waals surface area contributed by atoms with E-state index in [4.69, 9.17) is 4.74 Å². The Morgan fingerprint density at radius 2 is 1.87 bits per heavy atom. The Bertz CT molecular complexity index is 1160. The fraction of sp³-hybridized carbons (Fsp3) is 0.304. The second-order valence-corrected chi connectivity index (χ2v) is 7.63. The van der Waals surface area contributed by atoms with Crippen molar-refractivity contribution in [2.75, 3.05) is 6.61 Å². The van der Waals surface area contributed by atoms with Crippen LogP contribution in [0.5, 0.6) is 0 Å². The van der Waals surface area contributed by atoms with Crippen LogP contribution in [0.25, 0.3) is 16.6 Å². The number of para-hydroxylation sites is 1. The summed E-state index contributed by atoms with van der Waals surface area (Å²) in [4.78, 5) is 41.5. The molecule has 1 amide bonds. The summed E-state index contributed by atoms with van der Waals surface area (Å²) in [6, 6.07) is 13.8. The molecule has 0 aliphatic heterocycles. The molecular weight excluding hydrogens is 382 g/mol. The first-order valence-electron chi connectivity index (χ1n) is 9.99. The summed E-state index contributed by atoms with van der Waals surface area (Å²) in [7, 11) is 0. The first kappa shape index (κ1) is 19.8. The number of benzene rings is 2. The summed E-state index contributed by atoms with van der Waals surface area (Å²) in [6.07, 6.45) is 2.26. The van der Waals surface area contributed by atoms with E-state index in [-0.39, 0.29) is 24.1 Å². The smallest absolute Gasteiger partial charge is 0.338 e. The lowest BCUT2D eigenvalue weighted by atomic mass is 10.2. The molecule has 1 atom stereocenters. The zero-order valence-corrected chi connectivity index (χ0v) is 16.9. The van der Waals surface area contributed by atoms with Crippen molar-refractivity contribution in [2.45, 2.75) is 32.7 Å². The van der Waals surface area contributed by atoms with Gasteiger partial charge in [-0.2, -0.15) is 0 Å². The zero-order valence-electron chi connectivity index (χ0n) is 16.9. The number of nitrogens with one attached hydrogen (secondary N) is 1. The number of esters is 1. The molecule has 1 aromatic heterocycles. The van der Waals surface area contributed by atoms with Crippen molar-refractivity contribution in [1.29, 1.82) is 0 Å². The number of aromatic nitrogens is 2. The maximum Gasteiger partial charge on any atom is 0.338 e. The van der Waals surface area contributed by atoms with Crippen molar-refractivity contribution < 1.29 is 14.3 Å². The van der Waals surface area contributed by atoms with Gasteiger partial charge in [0.25, 0.3) is 11.5 Å². The summed E-state index contributed by atoms with van der Waals surface area (Å²) in [6.45, 7) is 3.41.